The van der Waals surface area contributed by atoms with E-state index in [1.807, 2.05) is 19.0 Å². The third-order valence-corrected chi connectivity index (χ3v) is 2.51. The second-order valence-electron chi connectivity index (χ2n) is 4.32. The van der Waals surface area contributed by atoms with Gasteiger partial charge in [-0.15, -0.1) is 0 Å². The molecule has 0 unspecified atom stereocenters. The van der Waals surface area contributed by atoms with Crippen molar-refractivity contribution >= 4 is 17.6 Å². The molecular formula is C13H18N2O4. The first-order valence-electron chi connectivity index (χ1n) is 5.80. The molecule has 0 atom stereocenters. The van der Waals surface area contributed by atoms with Gasteiger partial charge >= 0.3 is 5.97 Å². The third-order valence-electron chi connectivity index (χ3n) is 2.51. The molecule has 1 amide bonds. The number of anilines is 1. The quantitative estimate of drug-likeness (QED) is 0.811. The van der Waals surface area contributed by atoms with Crippen LogP contribution in [-0.4, -0.2) is 49.6 Å². The fraction of sp³-hybridized carbons (Fsp3) is 0.385. The van der Waals surface area contributed by atoms with Gasteiger partial charge in [0.15, 0.2) is 0 Å². The molecule has 0 aromatic heterocycles. The number of aromatic carboxylic acids is 1. The highest BCUT2D eigenvalue weighted by atomic mass is 16.5. The molecule has 19 heavy (non-hydrogen) atoms. The molecular weight excluding hydrogens is 248 g/mol. The lowest BCUT2D eigenvalue weighted by Crippen LogP contribution is -2.21. The molecule has 104 valence electrons. The van der Waals surface area contributed by atoms with Crippen LogP contribution >= 0.6 is 0 Å². The molecule has 1 rings (SSSR count). The molecule has 0 saturated carbocycles. The first kappa shape index (κ1) is 15.0. The number of carboxylic acids is 1. The number of methoxy groups -OCH3 is 1. The smallest absolute Gasteiger partial charge is 0.335 e. The molecule has 0 aliphatic carbocycles. The molecule has 0 spiro atoms. The topological polar surface area (TPSA) is 78.9 Å². The van der Waals surface area contributed by atoms with E-state index >= 15 is 0 Å². The summed E-state index contributed by atoms with van der Waals surface area (Å²) in [7, 11) is 5.21. The monoisotopic (exact) mass is 266 g/mol. The third kappa shape index (κ3) is 4.59. The van der Waals surface area contributed by atoms with Crippen LogP contribution in [0.1, 0.15) is 16.8 Å². The van der Waals surface area contributed by atoms with E-state index in [4.69, 9.17) is 9.84 Å². The predicted molar refractivity (Wildman–Crippen MR) is 71.8 cm³/mol. The second kappa shape index (κ2) is 6.75. The highest BCUT2D eigenvalue weighted by Crippen LogP contribution is 2.25. The van der Waals surface area contributed by atoms with Crippen molar-refractivity contribution in [2.24, 2.45) is 0 Å². The number of nitrogens with zero attached hydrogens (tertiary/aromatic N) is 1. The number of carbonyl (C=O) groups is 2. The summed E-state index contributed by atoms with van der Waals surface area (Å²) in [6.07, 6.45) is 0.327. The van der Waals surface area contributed by atoms with Gasteiger partial charge in [-0.2, -0.15) is 0 Å². The van der Waals surface area contributed by atoms with E-state index in [1.165, 1.54) is 25.3 Å². The number of hydrogen-bond donors (Lipinski definition) is 2. The first-order valence-corrected chi connectivity index (χ1v) is 5.80. The summed E-state index contributed by atoms with van der Waals surface area (Å²) in [5.74, 6) is -0.802. The molecule has 0 aliphatic heterocycles. The summed E-state index contributed by atoms with van der Waals surface area (Å²) in [5, 5.41) is 11.6. The Labute approximate surface area is 112 Å². The molecule has 0 fully saturated rings. The van der Waals surface area contributed by atoms with Gasteiger partial charge in [-0.3, -0.25) is 4.79 Å². The van der Waals surface area contributed by atoms with E-state index in [0.29, 0.717) is 24.4 Å². The zero-order valence-electron chi connectivity index (χ0n) is 11.3. The molecule has 1 aromatic rings. The van der Waals surface area contributed by atoms with Crippen LogP contribution < -0.4 is 10.1 Å². The lowest BCUT2D eigenvalue weighted by atomic mass is 10.2. The number of amides is 1. The van der Waals surface area contributed by atoms with Gasteiger partial charge in [-0.1, -0.05) is 0 Å². The van der Waals surface area contributed by atoms with Gasteiger partial charge in [0, 0.05) is 13.0 Å². The molecule has 0 bridgehead atoms. The average molecular weight is 266 g/mol. The number of benzene rings is 1. The highest BCUT2D eigenvalue weighted by Gasteiger charge is 2.11. The van der Waals surface area contributed by atoms with Gasteiger partial charge in [0.1, 0.15) is 5.75 Å². The maximum atomic E-state index is 11.7. The Balaban J connectivity index is 2.82. The molecule has 0 saturated heterocycles. The Hall–Kier alpha value is -2.08. The number of nitrogens with one attached hydrogen (secondary N) is 1. The van der Waals surface area contributed by atoms with E-state index in [1.54, 1.807) is 0 Å². The van der Waals surface area contributed by atoms with Crippen LogP contribution in [0, 0.1) is 0 Å². The maximum absolute atomic E-state index is 11.7. The fourth-order valence-electron chi connectivity index (χ4n) is 1.48. The van der Waals surface area contributed by atoms with Crippen LogP contribution in [0.4, 0.5) is 5.69 Å². The Morgan fingerprint density at radius 1 is 1.37 bits per heavy atom. The largest absolute Gasteiger partial charge is 0.495 e. The van der Waals surface area contributed by atoms with Crippen LogP contribution in [0.15, 0.2) is 18.2 Å². The summed E-state index contributed by atoms with van der Waals surface area (Å²) in [4.78, 5) is 24.5. The van der Waals surface area contributed by atoms with Crippen molar-refractivity contribution in [3.8, 4) is 5.75 Å². The number of rotatable bonds is 6. The standard InChI is InChI=1S/C13H18N2O4/c1-15(2)7-6-12(16)14-10-8-9(13(17)18)4-5-11(10)19-3/h4-5,8H,6-7H2,1-3H3,(H,14,16)(H,17,18). The van der Waals surface area contributed by atoms with Crippen molar-refractivity contribution in [3.63, 3.8) is 0 Å². The van der Waals surface area contributed by atoms with Gasteiger partial charge in [-0.25, -0.2) is 4.79 Å². The SMILES string of the molecule is COc1ccc(C(=O)O)cc1NC(=O)CCN(C)C. The zero-order valence-corrected chi connectivity index (χ0v) is 11.3. The van der Waals surface area contributed by atoms with Gasteiger partial charge in [0.05, 0.1) is 18.4 Å². The van der Waals surface area contributed by atoms with Crippen LogP contribution in [-0.2, 0) is 4.79 Å². The maximum Gasteiger partial charge on any atom is 0.335 e. The van der Waals surface area contributed by atoms with E-state index in [-0.39, 0.29) is 11.5 Å². The summed E-state index contributed by atoms with van der Waals surface area (Å²) >= 11 is 0. The van der Waals surface area contributed by atoms with Gasteiger partial charge in [-0.05, 0) is 32.3 Å². The second-order valence-corrected chi connectivity index (χ2v) is 4.32. The molecule has 0 radical (unpaired) electrons. The lowest BCUT2D eigenvalue weighted by molar-refractivity contribution is -0.116. The van der Waals surface area contributed by atoms with Gasteiger partial charge in [0.2, 0.25) is 5.91 Å². The summed E-state index contributed by atoms with van der Waals surface area (Å²) in [5.41, 5.74) is 0.467. The number of ether oxygens (including phenoxy) is 1. The lowest BCUT2D eigenvalue weighted by Gasteiger charge is -2.12. The minimum atomic E-state index is -1.05. The number of carbonyl (C=O) groups excluding carboxylic acids is 1. The Morgan fingerprint density at radius 3 is 2.58 bits per heavy atom. The van der Waals surface area contributed by atoms with Crippen LogP contribution in [0.5, 0.6) is 5.75 Å². The van der Waals surface area contributed by atoms with E-state index < -0.39 is 5.97 Å². The molecule has 6 heteroatoms. The Kier molecular flexibility index (Phi) is 5.32. The van der Waals surface area contributed by atoms with E-state index in [9.17, 15) is 9.59 Å². The van der Waals surface area contributed by atoms with E-state index in [2.05, 4.69) is 5.32 Å². The Bertz CT molecular complexity index is 472. The molecule has 1 aromatic carbocycles. The average Bonchev–Trinajstić information content (AvgIpc) is 2.36. The number of hydrogen-bond acceptors (Lipinski definition) is 4. The molecule has 0 heterocycles. The summed E-state index contributed by atoms with van der Waals surface area (Å²) in [6.45, 7) is 0.618. The van der Waals surface area contributed by atoms with Crippen molar-refractivity contribution in [3.05, 3.63) is 23.8 Å². The first-order chi connectivity index (χ1) is 8.93. The summed E-state index contributed by atoms with van der Waals surface area (Å²) in [6, 6.07) is 4.33. The predicted octanol–water partition coefficient (Wildman–Crippen LogP) is 1.28. The normalized spacial score (nSPS) is 10.3. The van der Waals surface area contributed by atoms with E-state index in [0.717, 1.165) is 0 Å². The zero-order chi connectivity index (χ0) is 14.4. The minimum absolute atomic E-state index is 0.101. The van der Waals surface area contributed by atoms with Crippen LogP contribution in [0.25, 0.3) is 0 Å². The van der Waals surface area contributed by atoms with Gasteiger partial charge < -0.3 is 20.1 Å². The Morgan fingerprint density at radius 2 is 2.05 bits per heavy atom. The van der Waals surface area contributed by atoms with Crippen molar-refractivity contribution in [2.75, 3.05) is 33.1 Å². The van der Waals surface area contributed by atoms with Crippen molar-refractivity contribution in [1.29, 1.82) is 0 Å². The van der Waals surface area contributed by atoms with Crippen LogP contribution in [0.2, 0.25) is 0 Å². The molecule has 6 nitrogen and oxygen atoms in total. The fourth-order valence-corrected chi connectivity index (χ4v) is 1.48. The molecule has 0 aliphatic rings. The summed E-state index contributed by atoms with van der Waals surface area (Å²) < 4.78 is 5.09. The van der Waals surface area contributed by atoms with Crippen molar-refractivity contribution in [1.82, 2.24) is 4.90 Å². The van der Waals surface area contributed by atoms with Crippen LogP contribution in [0.3, 0.4) is 0 Å². The minimum Gasteiger partial charge on any atom is -0.495 e. The van der Waals surface area contributed by atoms with Gasteiger partial charge in [0.25, 0.3) is 0 Å². The highest BCUT2D eigenvalue weighted by molar-refractivity contribution is 5.95. The van der Waals surface area contributed by atoms with Crippen molar-refractivity contribution < 1.29 is 19.4 Å². The van der Waals surface area contributed by atoms with Crippen molar-refractivity contribution in [2.45, 2.75) is 6.42 Å². The number of carboxylic acid groups (broad SMARTS) is 1. The molecule has 2 N–H and O–H groups in total.